The highest BCUT2D eigenvalue weighted by molar-refractivity contribution is 6.34. The Morgan fingerprint density at radius 2 is 1.75 bits per heavy atom. The second kappa shape index (κ2) is 9.95. The summed E-state index contributed by atoms with van der Waals surface area (Å²) in [6, 6.07) is 23.9. The van der Waals surface area contributed by atoms with Gasteiger partial charge in [-0.3, -0.25) is 4.79 Å². The van der Waals surface area contributed by atoms with Crippen LogP contribution in [0.25, 0.3) is 32.6 Å². The minimum atomic E-state index is -1.15. The second-order valence-corrected chi connectivity index (χ2v) is 9.53. The monoisotopic (exact) mass is 552 g/mol. The molecule has 10 nitrogen and oxygen atoms in total. The number of amides is 1. The maximum atomic E-state index is 13.4. The summed E-state index contributed by atoms with van der Waals surface area (Å²) >= 11 is 6.22. The van der Waals surface area contributed by atoms with Crippen LogP contribution in [0.15, 0.2) is 95.2 Å². The highest BCUT2D eigenvalue weighted by Crippen LogP contribution is 2.44. The number of anilines is 2. The third-order valence-corrected chi connectivity index (χ3v) is 6.91. The molecule has 0 aliphatic carbocycles. The van der Waals surface area contributed by atoms with Crippen LogP contribution < -0.4 is 16.3 Å². The summed E-state index contributed by atoms with van der Waals surface area (Å²) in [5, 5.41) is 45.2. The number of aromatic nitrogens is 1. The first-order valence-electron chi connectivity index (χ1n) is 12.1. The zero-order chi connectivity index (χ0) is 28.0. The van der Waals surface area contributed by atoms with Crippen molar-refractivity contribution in [3.05, 3.63) is 101 Å². The number of aromatic amines is 1. The van der Waals surface area contributed by atoms with Crippen LogP contribution in [0.2, 0.25) is 5.02 Å². The molecule has 0 aliphatic rings. The Labute approximate surface area is 231 Å². The molecule has 0 radical (unpaired) electrons. The van der Waals surface area contributed by atoms with Gasteiger partial charge >= 0.3 is 0 Å². The number of phenolic OH excluding ortho intramolecular Hbond substituents is 1. The lowest BCUT2D eigenvalue weighted by Crippen LogP contribution is -2.99. The Kier molecular flexibility index (Phi) is 6.29. The summed E-state index contributed by atoms with van der Waals surface area (Å²) in [5.41, 5.74) is 8.70. The third-order valence-electron chi connectivity index (χ3n) is 6.60. The van der Waals surface area contributed by atoms with Gasteiger partial charge < -0.3 is 26.3 Å². The van der Waals surface area contributed by atoms with Gasteiger partial charge in [0.2, 0.25) is 0 Å². The van der Waals surface area contributed by atoms with Crippen molar-refractivity contribution in [1.82, 2.24) is 4.98 Å². The molecule has 6 aromatic rings. The summed E-state index contributed by atoms with van der Waals surface area (Å²) in [6.45, 7) is 0. The molecule has 1 atom stereocenters. The number of halogens is 1. The number of hydrogen-bond acceptors (Lipinski definition) is 7. The zero-order valence-electron chi connectivity index (χ0n) is 20.6. The highest BCUT2D eigenvalue weighted by Gasteiger charge is 2.22. The smallest absolute Gasteiger partial charge is 0.259 e. The standard InChI is InChI=1S/C29H21ClN6O4/c30-22-14-18(36(39)40)10-12-24(22)33-29(38)21-13-15-5-11-20-19-3-1-2-4-23(19)32-26(20)25(15)27(28(21)37)35-34-17-8-6-16(31)7-9-17/h1-14,32,36-37,39H,31H2,(H,33,38). The van der Waals surface area contributed by atoms with E-state index in [4.69, 9.17) is 17.3 Å². The first-order chi connectivity index (χ1) is 19.3. The Balaban J connectivity index is 1.52. The molecule has 0 spiro atoms. The van der Waals surface area contributed by atoms with Crippen LogP contribution in [0.4, 0.5) is 28.4 Å². The van der Waals surface area contributed by atoms with Crippen LogP contribution in [0, 0.1) is 5.21 Å². The van der Waals surface area contributed by atoms with E-state index in [9.17, 15) is 20.3 Å². The lowest BCUT2D eigenvalue weighted by atomic mass is 10.00. The van der Waals surface area contributed by atoms with Gasteiger partial charge in [-0.25, -0.2) is 5.21 Å². The van der Waals surface area contributed by atoms with Gasteiger partial charge in [0, 0.05) is 39.5 Å². The Bertz CT molecular complexity index is 1970. The number of hydrogen-bond donors (Lipinski definition) is 6. The first kappa shape index (κ1) is 25.3. The van der Waals surface area contributed by atoms with E-state index in [0.717, 1.165) is 21.8 Å². The summed E-state index contributed by atoms with van der Waals surface area (Å²) in [6.07, 6.45) is 0. The predicted octanol–water partition coefficient (Wildman–Crippen LogP) is 6.49. The van der Waals surface area contributed by atoms with Crippen molar-refractivity contribution in [2.45, 2.75) is 0 Å². The molecular weight excluding hydrogens is 532 g/mol. The number of nitrogens with two attached hydrogens (primary N) is 1. The van der Waals surface area contributed by atoms with Crippen LogP contribution in [-0.4, -0.2) is 21.2 Å². The number of nitrogen functional groups attached to an aromatic ring is 1. The van der Waals surface area contributed by atoms with Crippen molar-refractivity contribution in [3.63, 3.8) is 0 Å². The molecule has 0 bridgehead atoms. The van der Waals surface area contributed by atoms with E-state index < -0.39 is 11.1 Å². The number of nitrogens with one attached hydrogen (secondary N) is 3. The van der Waals surface area contributed by atoms with E-state index in [2.05, 4.69) is 20.5 Å². The number of phenols is 1. The van der Waals surface area contributed by atoms with Gasteiger partial charge in [0.05, 0.1) is 27.5 Å². The molecule has 1 unspecified atom stereocenters. The number of para-hydroxylation sites is 1. The van der Waals surface area contributed by atoms with Crippen LogP contribution in [0.5, 0.6) is 5.75 Å². The Morgan fingerprint density at radius 1 is 0.975 bits per heavy atom. The molecule has 0 saturated carbocycles. The molecule has 0 fully saturated rings. The molecule has 11 heteroatoms. The molecule has 1 heterocycles. The molecular formula is C29H21ClN6O4. The van der Waals surface area contributed by atoms with Gasteiger partial charge in [-0.05, 0) is 47.9 Å². The van der Waals surface area contributed by atoms with Crippen LogP contribution in [0.1, 0.15) is 10.4 Å². The number of rotatable bonds is 5. The maximum absolute atomic E-state index is 13.4. The molecule has 7 N–H and O–H groups in total. The average molecular weight is 553 g/mol. The van der Waals surface area contributed by atoms with E-state index in [0.29, 0.717) is 22.1 Å². The topological polar surface area (TPSA) is 164 Å². The van der Waals surface area contributed by atoms with Gasteiger partial charge in [-0.2, -0.15) is 10.3 Å². The minimum Gasteiger partial charge on any atom is -0.595 e. The number of carbonyl (C=O) groups excluding carboxylic acids is 1. The molecule has 0 aliphatic heterocycles. The van der Waals surface area contributed by atoms with Crippen LogP contribution >= 0.6 is 11.6 Å². The van der Waals surface area contributed by atoms with E-state index in [-0.39, 0.29) is 33.4 Å². The van der Waals surface area contributed by atoms with E-state index in [1.165, 1.54) is 18.2 Å². The summed E-state index contributed by atoms with van der Waals surface area (Å²) in [4.78, 5) is 16.8. The van der Waals surface area contributed by atoms with E-state index in [1.807, 2.05) is 36.4 Å². The number of benzene rings is 5. The van der Waals surface area contributed by atoms with Crippen LogP contribution in [-0.2, 0) is 0 Å². The second-order valence-electron chi connectivity index (χ2n) is 9.12. The molecule has 0 saturated heterocycles. The number of nitrogens with zero attached hydrogens (tertiary/aromatic N) is 2. The molecule has 6 rings (SSSR count). The fourth-order valence-corrected chi connectivity index (χ4v) is 4.87. The SMILES string of the molecule is Nc1ccc(N=Nc2c(O)c(C(=O)Nc3ccc([NH+]([O-])O)cc3Cl)cc3ccc4c5ccccc5[nH]c4c23)cc1. The largest absolute Gasteiger partial charge is 0.595 e. The lowest BCUT2D eigenvalue weighted by Gasteiger charge is -2.14. The van der Waals surface area contributed by atoms with E-state index >= 15 is 0 Å². The number of carbonyl (C=O) groups is 1. The Morgan fingerprint density at radius 3 is 2.50 bits per heavy atom. The first-order valence-corrected chi connectivity index (χ1v) is 12.5. The van der Waals surface area contributed by atoms with Crippen molar-refractivity contribution in [2.24, 2.45) is 10.2 Å². The van der Waals surface area contributed by atoms with Gasteiger partial charge in [0.15, 0.2) is 11.4 Å². The van der Waals surface area contributed by atoms with Crippen molar-refractivity contribution in [2.75, 3.05) is 11.1 Å². The molecule has 40 heavy (non-hydrogen) atoms. The third kappa shape index (κ3) is 4.46. The highest BCUT2D eigenvalue weighted by atomic mass is 35.5. The minimum absolute atomic E-state index is 0.0238. The van der Waals surface area contributed by atoms with Crippen molar-refractivity contribution >= 4 is 78.5 Å². The molecule has 5 aromatic carbocycles. The maximum Gasteiger partial charge on any atom is 0.259 e. The number of quaternary nitrogens is 1. The normalized spacial score (nSPS) is 12.5. The van der Waals surface area contributed by atoms with Crippen molar-refractivity contribution < 1.29 is 20.3 Å². The zero-order valence-corrected chi connectivity index (χ0v) is 21.4. The Hall–Kier alpha value is -5.00. The number of fused-ring (bicyclic) bond motifs is 5. The van der Waals surface area contributed by atoms with Gasteiger partial charge in [0.1, 0.15) is 5.69 Å². The number of aromatic hydroxyl groups is 1. The fraction of sp³-hybridized carbons (Fsp3) is 0. The summed E-state index contributed by atoms with van der Waals surface area (Å²) < 4.78 is 0. The molecule has 1 aromatic heterocycles. The fourth-order valence-electron chi connectivity index (χ4n) is 4.64. The average Bonchev–Trinajstić information content (AvgIpc) is 3.33. The van der Waals surface area contributed by atoms with Crippen molar-refractivity contribution in [3.8, 4) is 5.75 Å². The number of H-pyrrole nitrogens is 1. The van der Waals surface area contributed by atoms with Crippen molar-refractivity contribution in [1.29, 1.82) is 0 Å². The molecule has 1 amide bonds. The summed E-state index contributed by atoms with van der Waals surface area (Å²) in [5.74, 6) is -1.04. The molecule has 198 valence electrons. The quantitative estimate of drug-likeness (QED) is 0.0816. The van der Waals surface area contributed by atoms with Gasteiger partial charge in [0.25, 0.3) is 5.91 Å². The predicted molar refractivity (Wildman–Crippen MR) is 155 cm³/mol. The lowest BCUT2D eigenvalue weighted by molar-refractivity contribution is -0.991. The summed E-state index contributed by atoms with van der Waals surface area (Å²) in [7, 11) is 0. The van der Waals surface area contributed by atoms with Gasteiger partial charge in [-0.1, -0.05) is 41.9 Å². The van der Waals surface area contributed by atoms with Crippen LogP contribution in [0.3, 0.4) is 0 Å². The number of azo groups is 1. The van der Waals surface area contributed by atoms with E-state index in [1.54, 1.807) is 30.3 Å². The van der Waals surface area contributed by atoms with Gasteiger partial charge in [-0.15, -0.1) is 5.11 Å².